The molecule has 0 aliphatic carbocycles. The minimum absolute atomic E-state index is 0. The molecular weight excluding hydrogens is 111 g/mol. The molecule has 0 rings (SSSR count). The first-order chi connectivity index (χ1) is 3.77. The van der Waals surface area contributed by atoms with Gasteiger partial charge in [0.15, 0.2) is 0 Å². The van der Waals surface area contributed by atoms with Crippen LogP contribution in [0.1, 0.15) is 13.8 Å². The molecule has 0 N–H and O–H groups in total. The zero-order valence-corrected chi connectivity index (χ0v) is 6.68. The zero-order chi connectivity index (χ0) is 6.41. The van der Waals surface area contributed by atoms with Gasteiger partial charge in [-0.15, -0.1) is 0 Å². The van der Waals surface area contributed by atoms with Gasteiger partial charge in [-0.25, -0.2) is 6.61 Å². The van der Waals surface area contributed by atoms with Gasteiger partial charge >= 0.3 is 18.9 Å². The van der Waals surface area contributed by atoms with Crippen LogP contribution >= 0.6 is 0 Å². The molecule has 0 aliphatic rings. The van der Waals surface area contributed by atoms with Gasteiger partial charge < -0.3 is 9.47 Å². The maximum Gasteiger partial charge on any atom is 1.00 e. The molecule has 9 heavy (non-hydrogen) atoms. The second kappa shape index (κ2) is 8.52. The fourth-order valence-electron chi connectivity index (χ4n) is 0.300. The molecule has 0 atom stereocenters. The number of ether oxygens (including phenoxy) is 2. The van der Waals surface area contributed by atoms with Gasteiger partial charge in [0.25, 0.3) is 0 Å². The molecule has 0 bridgehead atoms. The molecule has 0 saturated heterocycles. The monoisotopic (exact) mass is 124 g/mol. The largest absolute Gasteiger partial charge is 1.00 e. The Kier molecular flexibility index (Phi) is 11.6. The molecule has 0 fully saturated rings. The second-order valence-corrected chi connectivity index (χ2v) is 1.95. The van der Waals surface area contributed by atoms with Gasteiger partial charge in [0.2, 0.25) is 0 Å². The minimum atomic E-state index is 0. The molecule has 0 heterocycles. The molecule has 0 saturated carbocycles. The molecule has 2 nitrogen and oxygen atoms in total. The fraction of sp³-hybridized carbons (Fsp3) is 0.833. The van der Waals surface area contributed by atoms with Crippen LogP contribution in [0, 0.1) is 12.5 Å². The van der Waals surface area contributed by atoms with Crippen molar-refractivity contribution >= 4 is 0 Å². The summed E-state index contributed by atoms with van der Waals surface area (Å²) in [6.07, 6.45) is 0. The Labute approximate surface area is 69.1 Å². The third-order valence-electron chi connectivity index (χ3n) is 0.554. The van der Waals surface area contributed by atoms with Crippen LogP contribution in [0.15, 0.2) is 0 Å². The summed E-state index contributed by atoms with van der Waals surface area (Å²) in [5.74, 6) is 0.477. The van der Waals surface area contributed by atoms with Crippen LogP contribution in [-0.2, 0) is 9.47 Å². The molecule has 0 radical (unpaired) electrons. The van der Waals surface area contributed by atoms with Gasteiger partial charge in [0.05, 0.1) is 0 Å². The van der Waals surface area contributed by atoms with E-state index in [-0.39, 0.29) is 18.9 Å². The summed E-state index contributed by atoms with van der Waals surface area (Å²) in [5.41, 5.74) is 0. The van der Waals surface area contributed by atoms with E-state index in [1.165, 1.54) is 0 Å². The minimum Gasteiger partial charge on any atom is -0.532 e. The molecule has 0 aromatic heterocycles. The van der Waals surface area contributed by atoms with Gasteiger partial charge in [-0.05, 0) is 0 Å². The van der Waals surface area contributed by atoms with E-state index in [4.69, 9.17) is 4.74 Å². The van der Waals surface area contributed by atoms with Crippen molar-refractivity contribution < 1.29 is 28.3 Å². The van der Waals surface area contributed by atoms with E-state index in [9.17, 15) is 0 Å². The average molecular weight is 124 g/mol. The van der Waals surface area contributed by atoms with E-state index in [1.54, 1.807) is 13.7 Å². The van der Waals surface area contributed by atoms with Crippen molar-refractivity contribution in [3.63, 3.8) is 0 Å². The summed E-state index contributed by atoms with van der Waals surface area (Å²) in [7, 11) is 1.61. The van der Waals surface area contributed by atoms with Crippen molar-refractivity contribution in [3.8, 4) is 0 Å². The Bertz CT molecular complexity index is 48.3. The Morgan fingerprint density at radius 2 is 2.00 bits per heavy atom. The van der Waals surface area contributed by atoms with Crippen LogP contribution in [0.2, 0.25) is 0 Å². The molecule has 0 aliphatic heterocycles. The van der Waals surface area contributed by atoms with Crippen LogP contribution in [0.4, 0.5) is 0 Å². The third kappa shape index (κ3) is 11.9. The Morgan fingerprint density at radius 3 is 2.33 bits per heavy atom. The third-order valence-corrected chi connectivity index (χ3v) is 0.554. The normalized spacial score (nSPS) is 9.33. The molecule has 0 aromatic carbocycles. The van der Waals surface area contributed by atoms with E-state index in [1.807, 2.05) is 0 Å². The van der Waals surface area contributed by atoms with E-state index < -0.39 is 0 Å². The van der Waals surface area contributed by atoms with Crippen LogP contribution in [0.25, 0.3) is 0 Å². The molecule has 0 amide bonds. The van der Waals surface area contributed by atoms with Crippen molar-refractivity contribution in [2.24, 2.45) is 5.92 Å². The molecular formula is C6H13LiO2. The zero-order valence-electron chi connectivity index (χ0n) is 6.68. The van der Waals surface area contributed by atoms with E-state index in [0.29, 0.717) is 12.7 Å². The smallest absolute Gasteiger partial charge is 0.532 e. The molecule has 0 aromatic rings. The Hall–Kier alpha value is 0.517. The van der Waals surface area contributed by atoms with Crippen LogP contribution in [0.5, 0.6) is 0 Å². The summed E-state index contributed by atoms with van der Waals surface area (Å²) >= 11 is 0. The maximum absolute atomic E-state index is 4.90. The summed E-state index contributed by atoms with van der Waals surface area (Å²) < 4.78 is 9.54. The predicted molar refractivity (Wildman–Crippen MR) is 32.1 cm³/mol. The van der Waals surface area contributed by atoms with Crippen molar-refractivity contribution in [2.45, 2.75) is 13.8 Å². The topological polar surface area (TPSA) is 18.5 Å². The van der Waals surface area contributed by atoms with Crippen molar-refractivity contribution in [3.05, 3.63) is 6.61 Å². The summed E-state index contributed by atoms with van der Waals surface area (Å²) in [4.78, 5) is 0. The molecule has 50 valence electrons. The first-order valence-electron chi connectivity index (χ1n) is 2.71. The van der Waals surface area contributed by atoms with Gasteiger partial charge in [-0.2, -0.15) is 5.92 Å². The van der Waals surface area contributed by atoms with Crippen molar-refractivity contribution in [1.29, 1.82) is 0 Å². The quantitative estimate of drug-likeness (QED) is 0.195. The standard InChI is InChI=1S/C6H13O2.Li/c1-6(2)4-8-5-7-3;/h4,6H,5H2,1-3H3;/q-1;+1. The number of hydrogen-bond donors (Lipinski definition) is 0. The van der Waals surface area contributed by atoms with Crippen LogP contribution < -0.4 is 18.9 Å². The summed E-state index contributed by atoms with van der Waals surface area (Å²) in [6.45, 7) is 6.22. The molecule has 0 unspecified atom stereocenters. The number of hydrogen-bond acceptors (Lipinski definition) is 2. The van der Waals surface area contributed by atoms with Crippen LogP contribution in [0.3, 0.4) is 0 Å². The van der Waals surface area contributed by atoms with E-state index in [0.717, 1.165) is 0 Å². The number of rotatable bonds is 4. The average Bonchev–Trinajstić information content (AvgIpc) is 1.66. The first-order valence-corrected chi connectivity index (χ1v) is 2.71. The Balaban J connectivity index is 0. The fourth-order valence-corrected chi connectivity index (χ4v) is 0.300. The predicted octanol–water partition coefficient (Wildman–Crippen LogP) is -1.57. The molecule has 3 heteroatoms. The second-order valence-electron chi connectivity index (χ2n) is 1.95. The van der Waals surface area contributed by atoms with E-state index in [2.05, 4.69) is 18.6 Å². The summed E-state index contributed by atoms with van der Waals surface area (Å²) in [5, 5.41) is 0. The van der Waals surface area contributed by atoms with Crippen molar-refractivity contribution in [1.82, 2.24) is 0 Å². The summed E-state index contributed by atoms with van der Waals surface area (Å²) in [6, 6.07) is 0. The van der Waals surface area contributed by atoms with E-state index >= 15 is 0 Å². The first kappa shape index (κ1) is 12.2. The van der Waals surface area contributed by atoms with Gasteiger partial charge in [-0.3, -0.25) is 0 Å². The molecule has 0 spiro atoms. The van der Waals surface area contributed by atoms with Gasteiger partial charge in [-0.1, -0.05) is 13.8 Å². The Morgan fingerprint density at radius 1 is 1.44 bits per heavy atom. The number of methoxy groups -OCH3 is 1. The van der Waals surface area contributed by atoms with Crippen molar-refractivity contribution in [2.75, 3.05) is 13.9 Å². The maximum atomic E-state index is 4.90. The van der Waals surface area contributed by atoms with Gasteiger partial charge in [0.1, 0.15) is 6.79 Å². The SMILES string of the molecule is COCO[CH-]C(C)C.[Li+]. The van der Waals surface area contributed by atoms with Gasteiger partial charge in [0, 0.05) is 7.11 Å². The van der Waals surface area contributed by atoms with Crippen LogP contribution in [-0.4, -0.2) is 13.9 Å².